The van der Waals surface area contributed by atoms with Crippen LogP contribution in [0, 0.1) is 18.3 Å². The van der Waals surface area contributed by atoms with Gasteiger partial charge in [0.2, 0.25) is 0 Å². The van der Waals surface area contributed by atoms with Crippen molar-refractivity contribution in [2.45, 2.75) is 11.8 Å². The molecule has 0 aromatic heterocycles. The van der Waals surface area contributed by atoms with Gasteiger partial charge < -0.3 is 14.6 Å². The first kappa shape index (κ1) is 24.7. The number of hydrogen-bond donors (Lipinski definition) is 2. The van der Waals surface area contributed by atoms with Gasteiger partial charge in [0.05, 0.1) is 5.56 Å². The molecule has 0 saturated heterocycles. The number of carbonyl (C=O) groups excluding carboxylic acids is 1. The maximum atomic E-state index is 12.7. The molecule has 0 saturated carbocycles. The van der Waals surface area contributed by atoms with Crippen LogP contribution in [-0.2, 0) is 14.9 Å². The molecule has 2 N–H and O–H groups in total. The molecule has 0 heterocycles. The third kappa shape index (κ3) is 6.10. The lowest BCUT2D eigenvalue weighted by molar-refractivity contribution is -0.112. The molecule has 0 bridgehead atoms. The first-order valence-electron chi connectivity index (χ1n) is 9.66. The Labute approximate surface area is 204 Å². The number of halogens is 1. The Morgan fingerprint density at radius 3 is 2.29 bits per heavy atom. The molecule has 0 unspecified atom stereocenters. The van der Waals surface area contributed by atoms with Gasteiger partial charge in [-0.3, -0.25) is 4.79 Å². The van der Waals surface area contributed by atoms with Gasteiger partial charge in [0, 0.05) is 15.7 Å². The summed E-state index contributed by atoms with van der Waals surface area (Å²) in [5.74, 6) is -1.95. The van der Waals surface area contributed by atoms with E-state index in [0.717, 1.165) is 5.56 Å². The standard InChI is InChI=1S/C24H17BrN2O6S/c1-15-2-9-21(10-3-15)34(31,32)33-22-11-6-19(25)13-17(22)12-18(14-26)23(28)27-20-7-4-16(5-8-20)24(29)30/h2-13H,1H3,(H,27,28)(H,29,30)/b18-12+. The number of hydrogen-bond acceptors (Lipinski definition) is 6. The fourth-order valence-electron chi connectivity index (χ4n) is 2.78. The van der Waals surface area contributed by atoms with E-state index in [9.17, 15) is 23.3 Å². The number of amides is 1. The van der Waals surface area contributed by atoms with Gasteiger partial charge in [-0.25, -0.2) is 4.79 Å². The largest absolute Gasteiger partial charge is 0.478 e. The Balaban J connectivity index is 1.90. The van der Waals surface area contributed by atoms with Crippen LogP contribution in [0.2, 0.25) is 0 Å². The molecule has 0 aliphatic carbocycles. The molecule has 0 spiro atoms. The summed E-state index contributed by atoms with van der Waals surface area (Å²) in [6, 6.07) is 17.8. The molecule has 172 valence electrons. The average molecular weight is 541 g/mol. The third-order valence-corrected chi connectivity index (χ3v) is 6.28. The number of anilines is 1. The van der Waals surface area contributed by atoms with Crippen LogP contribution in [0.4, 0.5) is 5.69 Å². The summed E-state index contributed by atoms with van der Waals surface area (Å²) < 4.78 is 31.3. The predicted octanol–water partition coefficient (Wildman–Crippen LogP) is 4.77. The van der Waals surface area contributed by atoms with Gasteiger partial charge in [0.1, 0.15) is 22.3 Å². The highest BCUT2D eigenvalue weighted by molar-refractivity contribution is 9.10. The molecular weight excluding hydrogens is 524 g/mol. The summed E-state index contributed by atoms with van der Waals surface area (Å²) in [4.78, 5) is 23.5. The van der Waals surface area contributed by atoms with Gasteiger partial charge in [-0.1, -0.05) is 33.6 Å². The Hall–Kier alpha value is -3.94. The van der Waals surface area contributed by atoms with Crippen LogP contribution in [0.5, 0.6) is 5.75 Å². The smallest absolute Gasteiger partial charge is 0.339 e. The summed E-state index contributed by atoms with van der Waals surface area (Å²) >= 11 is 3.28. The molecule has 0 fully saturated rings. The lowest BCUT2D eigenvalue weighted by Crippen LogP contribution is -2.14. The molecule has 0 atom stereocenters. The zero-order valence-electron chi connectivity index (χ0n) is 17.7. The quantitative estimate of drug-likeness (QED) is 0.250. The van der Waals surface area contributed by atoms with E-state index in [0.29, 0.717) is 4.47 Å². The minimum absolute atomic E-state index is 0.0414. The van der Waals surface area contributed by atoms with E-state index in [1.165, 1.54) is 54.6 Å². The van der Waals surface area contributed by atoms with Crippen molar-refractivity contribution in [1.82, 2.24) is 0 Å². The minimum atomic E-state index is -4.16. The van der Waals surface area contributed by atoms with Crippen LogP contribution >= 0.6 is 15.9 Å². The molecule has 34 heavy (non-hydrogen) atoms. The summed E-state index contributed by atoms with van der Waals surface area (Å²) in [5.41, 5.74) is 1.06. The number of carbonyl (C=O) groups is 2. The van der Waals surface area contributed by atoms with Crippen LogP contribution in [0.3, 0.4) is 0 Å². The number of carboxylic acid groups (broad SMARTS) is 1. The van der Waals surface area contributed by atoms with Crippen molar-refractivity contribution in [3.8, 4) is 11.8 Å². The fourth-order valence-corrected chi connectivity index (χ4v) is 4.11. The second kappa shape index (κ2) is 10.3. The third-order valence-electron chi connectivity index (χ3n) is 4.54. The summed E-state index contributed by atoms with van der Waals surface area (Å²) in [6.45, 7) is 1.82. The molecule has 8 nitrogen and oxygen atoms in total. The summed E-state index contributed by atoms with van der Waals surface area (Å²) in [7, 11) is -4.16. The van der Waals surface area contributed by atoms with Gasteiger partial charge in [-0.2, -0.15) is 13.7 Å². The van der Waals surface area contributed by atoms with E-state index in [1.807, 2.05) is 6.92 Å². The fraction of sp³-hybridized carbons (Fsp3) is 0.0417. The zero-order valence-corrected chi connectivity index (χ0v) is 20.1. The van der Waals surface area contributed by atoms with E-state index in [2.05, 4.69) is 21.2 Å². The average Bonchev–Trinajstić information content (AvgIpc) is 2.79. The molecule has 0 aliphatic rings. The van der Waals surface area contributed by atoms with Crippen LogP contribution in [0.15, 0.2) is 81.7 Å². The lowest BCUT2D eigenvalue weighted by atomic mass is 10.1. The number of aromatic carboxylic acids is 1. The van der Waals surface area contributed by atoms with Crippen LogP contribution < -0.4 is 9.50 Å². The van der Waals surface area contributed by atoms with Crippen molar-refractivity contribution in [2.24, 2.45) is 0 Å². The van der Waals surface area contributed by atoms with E-state index >= 15 is 0 Å². The Morgan fingerprint density at radius 1 is 1.06 bits per heavy atom. The number of aryl methyl sites for hydroxylation is 1. The van der Waals surface area contributed by atoms with E-state index < -0.39 is 22.0 Å². The monoisotopic (exact) mass is 540 g/mol. The van der Waals surface area contributed by atoms with Crippen molar-refractivity contribution in [1.29, 1.82) is 5.26 Å². The van der Waals surface area contributed by atoms with Crippen molar-refractivity contribution < 1.29 is 27.3 Å². The first-order chi connectivity index (χ1) is 16.1. The predicted molar refractivity (Wildman–Crippen MR) is 129 cm³/mol. The van der Waals surface area contributed by atoms with Crippen molar-refractivity contribution >= 4 is 49.7 Å². The van der Waals surface area contributed by atoms with Gasteiger partial charge in [0.25, 0.3) is 5.91 Å². The number of nitrogens with one attached hydrogen (secondary N) is 1. The topological polar surface area (TPSA) is 134 Å². The van der Waals surface area contributed by atoms with Crippen molar-refractivity contribution in [3.63, 3.8) is 0 Å². The maximum absolute atomic E-state index is 12.7. The van der Waals surface area contributed by atoms with E-state index in [1.54, 1.807) is 24.3 Å². The highest BCUT2D eigenvalue weighted by Gasteiger charge is 2.19. The minimum Gasteiger partial charge on any atom is -0.478 e. The Morgan fingerprint density at radius 2 is 1.71 bits per heavy atom. The molecule has 3 aromatic carbocycles. The number of nitriles is 1. The summed E-state index contributed by atoms with van der Waals surface area (Å²) in [6.07, 6.45) is 1.20. The molecule has 3 rings (SSSR count). The Bertz CT molecular complexity index is 1420. The molecule has 10 heteroatoms. The molecule has 1 amide bonds. The van der Waals surface area contributed by atoms with Crippen LogP contribution in [0.25, 0.3) is 6.08 Å². The first-order valence-corrected chi connectivity index (χ1v) is 11.9. The molecular formula is C24H17BrN2O6S. The Kier molecular flexibility index (Phi) is 7.50. The van der Waals surface area contributed by atoms with Crippen molar-refractivity contribution in [3.05, 3.63) is 93.5 Å². The van der Waals surface area contributed by atoms with Gasteiger partial charge >= 0.3 is 16.1 Å². The van der Waals surface area contributed by atoms with Gasteiger partial charge in [-0.05, 0) is 67.6 Å². The summed E-state index contributed by atoms with van der Waals surface area (Å²) in [5, 5.41) is 21.0. The highest BCUT2D eigenvalue weighted by Crippen LogP contribution is 2.29. The normalized spacial score (nSPS) is 11.4. The van der Waals surface area contributed by atoms with Crippen molar-refractivity contribution in [2.75, 3.05) is 5.32 Å². The second-order valence-corrected chi connectivity index (χ2v) is 9.50. The van der Waals surface area contributed by atoms with Crippen LogP contribution in [-0.4, -0.2) is 25.4 Å². The maximum Gasteiger partial charge on any atom is 0.339 e. The van der Waals surface area contributed by atoms with Gasteiger partial charge in [-0.15, -0.1) is 0 Å². The van der Waals surface area contributed by atoms with Crippen LogP contribution in [0.1, 0.15) is 21.5 Å². The lowest BCUT2D eigenvalue weighted by Gasteiger charge is -2.11. The number of rotatable bonds is 7. The number of carboxylic acids is 1. The van der Waals surface area contributed by atoms with Gasteiger partial charge in [0.15, 0.2) is 0 Å². The zero-order chi connectivity index (χ0) is 24.9. The highest BCUT2D eigenvalue weighted by atomic mass is 79.9. The van der Waals surface area contributed by atoms with E-state index in [4.69, 9.17) is 9.29 Å². The number of nitrogens with zero attached hydrogens (tertiary/aromatic N) is 1. The molecule has 0 aliphatic heterocycles. The number of benzene rings is 3. The van der Waals surface area contributed by atoms with E-state index in [-0.39, 0.29) is 33.0 Å². The second-order valence-electron chi connectivity index (χ2n) is 7.04. The molecule has 0 radical (unpaired) electrons. The molecule has 3 aromatic rings. The SMILES string of the molecule is Cc1ccc(S(=O)(=O)Oc2ccc(Br)cc2/C=C(\C#N)C(=O)Nc2ccc(C(=O)O)cc2)cc1.